The van der Waals surface area contributed by atoms with Crippen molar-refractivity contribution < 1.29 is 0 Å². The van der Waals surface area contributed by atoms with Gasteiger partial charge in [0.1, 0.15) is 0 Å². The largest absolute Gasteiger partial charge is 0.259 e. The van der Waals surface area contributed by atoms with E-state index >= 15 is 0 Å². The third-order valence-corrected chi connectivity index (χ3v) is 10.1. The van der Waals surface area contributed by atoms with Gasteiger partial charge in [0, 0.05) is 23.2 Å². The Bertz CT molecular complexity index is 2320. The van der Waals surface area contributed by atoms with E-state index in [2.05, 4.69) is 162 Å². The van der Waals surface area contributed by atoms with Crippen LogP contribution in [0.25, 0.3) is 44.5 Å². The third-order valence-electron chi connectivity index (χ3n) is 10.1. The first-order valence-electron chi connectivity index (χ1n) is 18.3. The van der Waals surface area contributed by atoms with E-state index in [1.54, 1.807) is 0 Å². The quantitative estimate of drug-likeness (QED) is 0.163. The molecule has 3 heterocycles. The van der Waals surface area contributed by atoms with Crippen LogP contribution in [-0.4, -0.2) is 23.8 Å². The van der Waals surface area contributed by atoms with Crippen LogP contribution in [0.15, 0.2) is 96.4 Å². The number of benzene rings is 4. The summed E-state index contributed by atoms with van der Waals surface area (Å²) in [4.78, 5) is 10.3. The molecule has 256 valence electrons. The summed E-state index contributed by atoms with van der Waals surface area (Å²) in [6.45, 7) is 22.9. The normalized spacial score (nSPS) is 12.8. The molecule has 0 aliphatic rings. The van der Waals surface area contributed by atoms with Crippen LogP contribution in [0.5, 0.6) is 0 Å². The highest BCUT2D eigenvalue weighted by atomic mass is 15.4. The Kier molecular flexibility index (Phi) is 8.75. The molecule has 6 nitrogen and oxygen atoms in total. The van der Waals surface area contributed by atoms with Gasteiger partial charge in [0.2, 0.25) is 5.62 Å². The van der Waals surface area contributed by atoms with Gasteiger partial charge in [-0.3, -0.25) is 9.13 Å². The van der Waals surface area contributed by atoms with Crippen LogP contribution in [0, 0.1) is 0 Å². The van der Waals surface area contributed by atoms with Crippen molar-refractivity contribution in [2.45, 2.75) is 98.8 Å². The molecule has 0 saturated carbocycles. The Morgan fingerprint density at radius 2 is 0.900 bits per heavy atom. The minimum atomic E-state index is 0.263. The predicted molar refractivity (Wildman–Crippen MR) is 209 cm³/mol. The Hall–Kier alpha value is -4.97. The molecule has 0 bridgehead atoms. The number of para-hydroxylation sites is 3. The van der Waals surface area contributed by atoms with Crippen LogP contribution in [0.3, 0.4) is 0 Å². The topological polar surface area (TPSA) is 52.9 Å². The van der Waals surface area contributed by atoms with Gasteiger partial charge in [0.05, 0.1) is 22.4 Å². The second-order valence-electron chi connectivity index (χ2n) is 15.2. The Morgan fingerprint density at radius 1 is 0.480 bits per heavy atom. The summed E-state index contributed by atoms with van der Waals surface area (Å²) in [6.07, 6.45) is 3.63. The van der Waals surface area contributed by atoms with E-state index in [0.717, 1.165) is 39.3 Å². The fourth-order valence-corrected chi connectivity index (χ4v) is 7.47. The molecule has 3 aromatic heterocycles. The lowest BCUT2D eigenvalue weighted by atomic mass is 9.87. The van der Waals surface area contributed by atoms with Gasteiger partial charge in [-0.25, -0.2) is 14.6 Å². The zero-order valence-electron chi connectivity index (χ0n) is 31.2. The molecular weight excluding hydrogens is 613 g/mol. The Labute approximate surface area is 296 Å². The standard InChI is InChI=1S/C44H50N6/c1-26(2)31-24-36(29(7)8)41(37(25-31)30(9)10)49-43-42(45-22-23-46-43)48(40-32(27(3)4)18-15-19-33(40)28(5)6)44(49)47-50-38-20-13-11-16-34(38)35-17-12-14-21-39(35)50/h11-30H,1-10H3/b47-44-. The maximum Gasteiger partial charge on any atom is 0.240 e. The summed E-state index contributed by atoms with van der Waals surface area (Å²) in [7, 11) is 0. The van der Waals surface area contributed by atoms with Gasteiger partial charge >= 0.3 is 0 Å². The number of hydrogen-bond acceptors (Lipinski definition) is 3. The van der Waals surface area contributed by atoms with E-state index in [0.29, 0.717) is 5.92 Å². The second kappa shape index (κ2) is 13.1. The summed E-state index contributed by atoms with van der Waals surface area (Å²) in [5, 5.41) is 8.12. The molecule has 0 atom stereocenters. The van der Waals surface area contributed by atoms with Crippen LogP contribution in [0.4, 0.5) is 0 Å². The highest BCUT2D eigenvalue weighted by molar-refractivity contribution is 6.07. The minimum absolute atomic E-state index is 0.263. The first-order valence-corrected chi connectivity index (χ1v) is 18.3. The van der Waals surface area contributed by atoms with E-state index in [9.17, 15) is 0 Å². The monoisotopic (exact) mass is 662 g/mol. The van der Waals surface area contributed by atoms with Gasteiger partial charge in [-0.15, -0.1) is 5.10 Å². The number of imidazole rings is 1. The molecule has 0 unspecified atom stereocenters. The Morgan fingerprint density at radius 3 is 1.32 bits per heavy atom. The first kappa shape index (κ1) is 33.5. The van der Waals surface area contributed by atoms with Crippen molar-refractivity contribution in [2.75, 3.05) is 0 Å². The van der Waals surface area contributed by atoms with E-state index < -0.39 is 0 Å². The summed E-state index contributed by atoms with van der Waals surface area (Å²) in [5.41, 5.74) is 13.2. The van der Waals surface area contributed by atoms with Crippen molar-refractivity contribution in [3.8, 4) is 11.4 Å². The molecule has 0 saturated heterocycles. The average Bonchev–Trinajstić information content (AvgIpc) is 3.59. The number of aromatic nitrogens is 5. The van der Waals surface area contributed by atoms with Crippen molar-refractivity contribution in [2.24, 2.45) is 5.10 Å². The van der Waals surface area contributed by atoms with E-state index in [1.165, 1.54) is 38.6 Å². The fraction of sp³-hybridized carbons (Fsp3) is 0.341. The summed E-state index contributed by atoms with van der Waals surface area (Å²) < 4.78 is 6.76. The van der Waals surface area contributed by atoms with Crippen LogP contribution in [-0.2, 0) is 0 Å². The predicted octanol–water partition coefficient (Wildman–Crippen LogP) is 11.3. The van der Waals surface area contributed by atoms with Crippen molar-refractivity contribution in [1.29, 1.82) is 0 Å². The maximum absolute atomic E-state index is 5.77. The highest BCUT2D eigenvalue weighted by Gasteiger charge is 2.28. The van der Waals surface area contributed by atoms with E-state index in [-0.39, 0.29) is 23.7 Å². The lowest BCUT2D eigenvalue weighted by molar-refractivity contribution is 0.732. The van der Waals surface area contributed by atoms with Gasteiger partial charge in [0.25, 0.3) is 0 Å². The summed E-state index contributed by atoms with van der Waals surface area (Å²) in [5.74, 6) is 1.47. The van der Waals surface area contributed by atoms with Crippen LogP contribution in [0.1, 0.15) is 127 Å². The number of hydrogen-bond donors (Lipinski definition) is 0. The number of rotatable bonds is 8. The van der Waals surface area contributed by atoms with Crippen molar-refractivity contribution in [1.82, 2.24) is 23.8 Å². The molecule has 50 heavy (non-hydrogen) atoms. The minimum Gasteiger partial charge on any atom is -0.259 e. The molecule has 0 amide bonds. The maximum atomic E-state index is 5.77. The first-order chi connectivity index (χ1) is 24.0. The molecule has 7 rings (SSSR count). The molecule has 0 aliphatic carbocycles. The highest BCUT2D eigenvalue weighted by Crippen LogP contribution is 2.38. The molecule has 6 heteroatoms. The van der Waals surface area contributed by atoms with Gasteiger partial charge in [-0.2, -0.15) is 0 Å². The molecule has 0 spiro atoms. The number of nitrogens with zero attached hydrogens (tertiary/aromatic N) is 6. The van der Waals surface area contributed by atoms with Crippen LogP contribution >= 0.6 is 0 Å². The van der Waals surface area contributed by atoms with E-state index in [1.807, 2.05) is 12.4 Å². The van der Waals surface area contributed by atoms with Gasteiger partial charge in [-0.1, -0.05) is 136 Å². The molecule has 0 N–H and O–H groups in total. The van der Waals surface area contributed by atoms with E-state index in [4.69, 9.17) is 15.1 Å². The average molecular weight is 663 g/mol. The lowest BCUT2D eigenvalue weighted by Crippen LogP contribution is -2.29. The molecule has 4 aromatic carbocycles. The van der Waals surface area contributed by atoms with Crippen molar-refractivity contribution >= 4 is 33.1 Å². The third kappa shape index (κ3) is 5.46. The summed E-state index contributed by atoms with van der Waals surface area (Å²) >= 11 is 0. The van der Waals surface area contributed by atoms with Crippen molar-refractivity contribution in [3.63, 3.8) is 0 Å². The molecule has 0 fully saturated rings. The molecular formula is C44H50N6. The number of fused-ring (bicyclic) bond motifs is 4. The summed E-state index contributed by atoms with van der Waals surface area (Å²) in [6, 6.07) is 28.7. The fourth-order valence-electron chi connectivity index (χ4n) is 7.47. The SMILES string of the molecule is CC(C)c1cc(C(C)C)c(-n2/c(=N\n3c4ccccc4c4ccccc43)n(-c3c(C(C)C)cccc3C(C)C)c3nccnc32)c(C(C)C)c1. The molecule has 0 aliphatic heterocycles. The zero-order chi connectivity index (χ0) is 35.4. The molecule has 0 radical (unpaired) electrons. The van der Waals surface area contributed by atoms with Crippen LogP contribution in [0.2, 0.25) is 0 Å². The Balaban J connectivity index is 1.79. The van der Waals surface area contributed by atoms with Crippen molar-refractivity contribution in [3.05, 3.63) is 125 Å². The second-order valence-corrected chi connectivity index (χ2v) is 15.2. The van der Waals surface area contributed by atoms with Crippen LogP contribution < -0.4 is 5.62 Å². The van der Waals surface area contributed by atoms with Gasteiger partial charge in [-0.05, 0) is 69.5 Å². The molecule has 7 aromatic rings. The van der Waals surface area contributed by atoms with Gasteiger partial charge < -0.3 is 0 Å². The van der Waals surface area contributed by atoms with Gasteiger partial charge in [0.15, 0.2) is 11.3 Å². The lowest BCUT2D eigenvalue weighted by Gasteiger charge is -2.24. The zero-order valence-corrected chi connectivity index (χ0v) is 31.2. The smallest absolute Gasteiger partial charge is 0.240 e.